The Labute approximate surface area is 186 Å². The second-order valence-corrected chi connectivity index (χ2v) is 8.74. The molecule has 6 nitrogen and oxygen atoms in total. The maximum absolute atomic E-state index is 10.1. The fourth-order valence-corrected chi connectivity index (χ4v) is 3.06. The second-order valence-electron chi connectivity index (χ2n) is 8.74. The first-order chi connectivity index (χ1) is 14.9. The van der Waals surface area contributed by atoms with Crippen molar-refractivity contribution in [2.45, 2.75) is 39.1 Å². The first-order valence-electron chi connectivity index (χ1n) is 11.0. The molecule has 0 radical (unpaired) electrons. The van der Waals surface area contributed by atoms with Gasteiger partial charge in [-0.15, -0.1) is 0 Å². The van der Waals surface area contributed by atoms with Crippen molar-refractivity contribution >= 4 is 0 Å². The number of hydrogen-bond acceptors (Lipinski definition) is 6. The molecule has 2 aromatic carbocycles. The Kier molecular flexibility index (Phi) is 11.7. The highest BCUT2D eigenvalue weighted by Gasteiger charge is 2.20. The van der Waals surface area contributed by atoms with E-state index in [9.17, 15) is 10.2 Å². The van der Waals surface area contributed by atoms with Gasteiger partial charge >= 0.3 is 0 Å². The van der Waals surface area contributed by atoms with Crippen LogP contribution in [0.3, 0.4) is 0 Å². The quantitative estimate of drug-likeness (QED) is 0.327. The molecule has 0 saturated heterocycles. The minimum atomic E-state index is -0.557. The van der Waals surface area contributed by atoms with Gasteiger partial charge in [0.1, 0.15) is 0 Å². The number of ether oxygens (including phenoxy) is 2. The van der Waals surface area contributed by atoms with E-state index < -0.39 is 12.2 Å². The van der Waals surface area contributed by atoms with Crippen molar-refractivity contribution < 1.29 is 19.7 Å². The van der Waals surface area contributed by atoms with Gasteiger partial charge in [0.15, 0.2) is 0 Å². The lowest BCUT2D eigenvalue weighted by atomic mass is 9.96. The summed E-state index contributed by atoms with van der Waals surface area (Å²) in [6, 6.07) is 20.2. The molecule has 0 spiro atoms. The molecule has 6 heteroatoms. The Balaban J connectivity index is 1.49. The highest BCUT2D eigenvalue weighted by atomic mass is 16.5. The maximum atomic E-state index is 10.1. The minimum absolute atomic E-state index is 0.200. The molecule has 31 heavy (non-hydrogen) atoms. The lowest BCUT2D eigenvalue weighted by Crippen LogP contribution is -2.34. The number of rotatable bonds is 16. The molecule has 0 amide bonds. The fraction of sp³-hybridized carbons (Fsp3) is 0.520. The van der Waals surface area contributed by atoms with Crippen LogP contribution in [0, 0.1) is 5.41 Å². The Morgan fingerprint density at radius 1 is 0.710 bits per heavy atom. The topological polar surface area (TPSA) is 83.0 Å². The monoisotopic (exact) mass is 430 g/mol. The summed E-state index contributed by atoms with van der Waals surface area (Å²) >= 11 is 0. The van der Waals surface area contributed by atoms with Gasteiger partial charge in [-0.2, -0.15) is 0 Å². The third-order valence-electron chi connectivity index (χ3n) is 4.71. The predicted octanol–water partition coefficient (Wildman–Crippen LogP) is 2.35. The Morgan fingerprint density at radius 3 is 1.48 bits per heavy atom. The Morgan fingerprint density at radius 2 is 1.10 bits per heavy atom. The third-order valence-corrected chi connectivity index (χ3v) is 4.71. The molecule has 2 aromatic rings. The van der Waals surface area contributed by atoms with Crippen molar-refractivity contribution in [3.63, 3.8) is 0 Å². The largest absolute Gasteiger partial charge is 0.389 e. The lowest BCUT2D eigenvalue weighted by Gasteiger charge is -2.25. The van der Waals surface area contributed by atoms with Crippen LogP contribution in [-0.4, -0.2) is 61.9 Å². The average Bonchev–Trinajstić information content (AvgIpc) is 2.75. The zero-order valence-electron chi connectivity index (χ0n) is 18.8. The summed E-state index contributed by atoms with van der Waals surface area (Å²) in [6.45, 7) is 8.01. The van der Waals surface area contributed by atoms with Gasteiger partial charge in [-0.1, -0.05) is 74.5 Å². The molecule has 172 valence electrons. The van der Waals surface area contributed by atoms with Gasteiger partial charge in [0.2, 0.25) is 0 Å². The summed E-state index contributed by atoms with van der Waals surface area (Å²) in [6.07, 6.45) is -1.11. The Bertz CT molecular complexity index is 638. The van der Waals surface area contributed by atoms with Gasteiger partial charge in [0, 0.05) is 31.6 Å². The van der Waals surface area contributed by atoms with Gasteiger partial charge in [-0.3, -0.25) is 0 Å². The van der Waals surface area contributed by atoms with E-state index in [0.717, 1.165) is 13.1 Å². The van der Waals surface area contributed by atoms with Gasteiger partial charge in [0.25, 0.3) is 0 Å². The van der Waals surface area contributed by atoms with Crippen LogP contribution in [0.5, 0.6) is 0 Å². The number of aliphatic hydroxyl groups is 2. The summed E-state index contributed by atoms with van der Waals surface area (Å²) < 4.78 is 11.4. The summed E-state index contributed by atoms with van der Waals surface area (Å²) in [7, 11) is 0. The van der Waals surface area contributed by atoms with Crippen LogP contribution in [0.2, 0.25) is 0 Å². The molecular formula is C25H38N2O4. The first-order valence-corrected chi connectivity index (χ1v) is 11.0. The average molecular weight is 431 g/mol. The highest BCUT2D eigenvalue weighted by Crippen LogP contribution is 2.16. The highest BCUT2D eigenvalue weighted by molar-refractivity contribution is 5.14. The van der Waals surface area contributed by atoms with Crippen molar-refractivity contribution in [3.8, 4) is 0 Å². The zero-order valence-corrected chi connectivity index (χ0v) is 18.8. The summed E-state index contributed by atoms with van der Waals surface area (Å²) in [5.41, 5.74) is 2.17. The van der Waals surface area contributed by atoms with Gasteiger partial charge < -0.3 is 30.3 Å². The Hall–Kier alpha value is -1.80. The van der Waals surface area contributed by atoms with E-state index in [2.05, 4.69) is 34.9 Å². The molecule has 0 aliphatic carbocycles. The van der Waals surface area contributed by atoms with Crippen LogP contribution in [0.15, 0.2) is 60.7 Å². The van der Waals surface area contributed by atoms with E-state index in [1.807, 2.05) is 50.2 Å². The van der Waals surface area contributed by atoms with E-state index in [-0.39, 0.29) is 18.6 Å². The normalized spacial score (nSPS) is 13.8. The van der Waals surface area contributed by atoms with Crippen LogP contribution in [-0.2, 0) is 22.6 Å². The molecule has 0 aliphatic rings. The van der Waals surface area contributed by atoms with E-state index in [1.54, 1.807) is 0 Å². The fourth-order valence-electron chi connectivity index (χ4n) is 3.06. The molecule has 4 N–H and O–H groups in total. The number of hydrogen-bond donors (Lipinski definition) is 4. The molecule has 0 fully saturated rings. The van der Waals surface area contributed by atoms with Crippen LogP contribution in [0.25, 0.3) is 0 Å². The standard InChI is InChI=1S/C25H38N2O4/c1-25(2,19-30-17-23(28)15-26-13-21-9-5-3-6-10-21)20-31-18-24(29)16-27-14-22-11-7-4-8-12-22/h3-12,23-24,26-29H,13-20H2,1-2H3/t23-,24+. The molecule has 0 heterocycles. The van der Waals surface area contributed by atoms with Crippen LogP contribution >= 0.6 is 0 Å². The smallest absolute Gasteiger partial charge is 0.0897 e. The molecule has 0 unspecified atom stereocenters. The number of aliphatic hydroxyl groups excluding tert-OH is 2. The van der Waals surface area contributed by atoms with E-state index >= 15 is 0 Å². The molecule has 2 atom stereocenters. The van der Waals surface area contributed by atoms with Crippen LogP contribution < -0.4 is 10.6 Å². The molecule has 0 bridgehead atoms. The number of benzene rings is 2. The van der Waals surface area contributed by atoms with Gasteiger partial charge in [-0.05, 0) is 11.1 Å². The summed E-state index contributed by atoms with van der Waals surface area (Å²) in [4.78, 5) is 0. The van der Waals surface area contributed by atoms with E-state index in [1.165, 1.54) is 11.1 Å². The zero-order chi connectivity index (χ0) is 22.4. The van der Waals surface area contributed by atoms with Crippen LogP contribution in [0.1, 0.15) is 25.0 Å². The van der Waals surface area contributed by atoms with Gasteiger partial charge in [-0.25, -0.2) is 0 Å². The van der Waals surface area contributed by atoms with Crippen molar-refractivity contribution in [1.82, 2.24) is 10.6 Å². The SMILES string of the molecule is CC(C)(COC[C@H](O)CNCc1ccccc1)COC[C@@H](O)CNCc1ccccc1. The summed E-state index contributed by atoms with van der Waals surface area (Å²) in [5.74, 6) is 0. The van der Waals surface area contributed by atoms with E-state index in [0.29, 0.717) is 26.3 Å². The first kappa shape index (κ1) is 25.5. The van der Waals surface area contributed by atoms with E-state index in [4.69, 9.17) is 9.47 Å². The molecular weight excluding hydrogens is 392 g/mol. The van der Waals surface area contributed by atoms with Gasteiger partial charge in [0.05, 0.1) is 38.6 Å². The molecule has 0 aromatic heterocycles. The predicted molar refractivity (Wildman–Crippen MR) is 124 cm³/mol. The molecule has 0 aliphatic heterocycles. The molecule has 2 rings (SSSR count). The minimum Gasteiger partial charge on any atom is -0.389 e. The van der Waals surface area contributed by atoms with Crippen molar-refractivity contribution in [2.75, 3.05) is 39.5 Å². The number of nitrogens with one attached hydrogen (secondary N) is 2. The maximum Gasteiger partial charge on any atom is 0.0897 e. The lowest BCUT2D eigenvalue weighted by molar-refractivity contribution is -0.0448. The third kappa shape index (κ3) is 12.0. The van der Waals surface area contributed by atoms with Crippen molar-refractivity contribution in [3.05, 3.63) is 71.8 Å². The summed E-state index contributed by atoms with van der Waals surface area (Å²) in [5, 5.41) is 26.6. The second kappa shape index (κ2) is 14.3. The van der Waals surface area contributed by atoms with Crippen LogP contribution in [0.4, 0.5) is 0 Å². The van der Waals surface area contributed by atoms with Crippen molar-refractivity contribution in [1.29, 1.82) is 0 Å². The van der Waals surface area contributed by atoms with Crippen molar-refractivity contribution in [2.24, 2.45) is 5.41 Å². The molecule has 0 saturated carbocycles.